The van der Waals surface area contributed by atoms with Gasteiger partial charge in [0.1, 0.15) is 0 Å². The van der Waals surface area contributed by atoms with E-state index in [9.17, 15) is 4.79 Å². The highest BCUT2D eigenvalue weighted by Gasteiger charge is 2.39. The van der Waals surface area contributed by atoms with Gasteiger partial charge in [0.25, 0.3) is 0 Å². The average Bonchev–Trinajstić information content (AvgIpc) is 2.57. The summed E-state index contributed by atoms with van der Waals surface area (Å²) in [4.78, 5) is 13.4. The number of β-amino-alcohol motifs (C(OH)–C–C–N with tert-alkyl or cyclic N) is 1. The van der Waals surface area contributed by atoms with Gasteiger partial charge >= 0.3 is 0 Å². The van der Waals surface area contributed by atoms with Crippen molar-refractivity contribution in [3.05, 3.63) is 0 Å². The van der Waals surface area contributed by atoms with E-state index in [0.29, 0.717) is 19.6 Å². The summed E-state index contributed by atoms with van der Waals surface area (Å²) in [6, 6.07) is 0.152. The van der Waals surface area contributed by atoms with Gasteiger partial charge in [-0.1, -0.05) is 20.8 Å². The van der Waals surface area contributed by atoms with E-state index in [1.54, 1.807) is 4.90 Å². The summed E-state index contributed by atoms with van der Waals surface area (Å²) < 4.78 is 6.17. The van der Waals surface area contributed by atoms with Crippen molar-refractivity contribution < 1.29 is 14.3 Å². The Bertz CT molecular complexity index is 299. The summed E-state index contributed by atoms with van der Waals surface area (Å²) in [5, 5.41) is 9.19. The molecule has 0 spiro atoms. The maximum absolute atomic E-state index is 11.7. The van der Waals surface area contributed by atoms with Gasteiger partial charge in [-0.25, -0.2) is 0 Å². The predicted molar refractivity (Wildman–Crippen MR) is 75.0 cm³/mol. The zero-order valence-corrected chi connectivity index (χ0v) is 13.3. The fourth-order valence-electron chi connectivity index (χ4n) is 1.90. The number of carbonyl (C=O) groups excluding carboxylic acids is 1. The van der Waals surface area contributed by atoms with Crippen LogP contribution in [0.4, 0.5) is 0 Å². The van der Waals surface area contributed by atoms with Gasteiger partial charge in [0.15, 0.2) is 8.32 Å². The number of hydrogen-bond acceptors (Lipinski definition) is 3. The fourth-order valence-corrected chi connectivity index (χ4v) is 2.94. The minimum atomic E-state index is -1.75. The maximum Gasteiger partial charge on any atom is 0.223 e. The van der Waals surface area contributed by atoms with E-state index in [4.69, 9.17) is 9.53 Å². The van der Waals surface area contributed by atoms with Gasteiger partial charge in [-0.05, 0) is 24.6 Å². The molecule has 1 amide bonds. The molecule has 1 fully saturated rings. The molecule has 1 atom stereocenters. The first-order chi connectivity index (χ1) is 8.19. The molecule has 0 aromatic rings. The highest BCUT2D eigenvalue weighted by atomic mass is 28.4. The van der Waals surface area contributed by atoms with Crippen molar-refractivity contribution in [1.82, 2.24) is 4.90 Å². The number of aliphatic hydroxyl groups excluding tert-OH is 1. The van der Waals surface area contributed by atoms with Crippen molar-refractivity contribution in [2.24, 2.45) is 0 Å². The van der Waals surface area contributed by atoms with Crippen molar-refractivity contribution in [3.8, 4) is 0 Å². The second-order valence-electron chi connectivity index (χ2n) is 6.57. The lowest BCUT2D eigenvalue weighted by Gasteiger charge is -2.38. The number of rotatable bonds is 5. The number of amides is 1. The zero-order chi connectivity index (χ0) is 14.0. The van der Waals surface area contributed by atoms with Gasteiger partial charge in [0.05, 0.1) is 19.3 Å². The van der Waals surface area contributed by atoms with Crippen LogP contribution in [0, 0.1) is 0 Å². The molecule has 0 bridgehead atoms. The Kier molecular flexibility index (Phi) is 4.97. The standard InChI is InChI=1S/C13H27NO3Si/c1-13(2,3)18(4,5)17-10-11-6-7-12(16)14(11)8-9-15/h11,15H,6-10H2,1-5H3/t11-/m1/s1. The number of likely N-dealkylation sites (tertiary alicyclic amines) is 1. The number of hydrogen-bond donors (Lipinski definition) is 1. The van der Waals surface area contributed by atoms with Crippen LogP contribution >= 0.6 is 0 Å². The molecule has 1 rings (SSSR count). The van der Waals surface area contributed by atoms with Crippen LogP contribution in [0.25, 0.3) is 0 Å². The maximum atomic E-state index is 11.7. The number of nitrogens with zero attached hydrogens (tertiary/aromatic N) is 1. The third-order valence-corrected chi connectivity index (χ3v) is 8.74. The second-order valence-corrected chi connectivity index (χ2v) is 11.4. The Morgan fingerprint density at radius 3 is 2.56 bits per heavy atom. The Hall–Kier alpha value is -0.393. The van der Waals surface area contributed by atoms with Crippen molar-refractivity contribution in [1.29, 1.82) is 0 Å². The topological polar surface area (TPSA) is 49.8 Å². The van der Waals surface area contributed by atoms with Gasteiger partial charge < -0.3 is 14.4 Å². The van der Waals surface area contributed by atoms with E-state index in [1.165, 1.54) is 0 Å². The number of carbonyl (C=O) groups is 1. The summed E-state index contributed by atoms with van der Waals surface area (Å²) in [5.74, 6) is 0.146. The van der Waals surface area contributed by atoms with Crippen molar-refractivity contribution in [3.63, 3.8) is 0 Å². The highest BCUT2D eigenvalue weighted by Crippen LogP contribution is 2.37. The molecule has 0 radical (unpaired) electrons. The van der Waals surface area contributed by atoms with Crippen molar-refractivity contribution in [2.75, 3.05) is 19.8 Å². The van der Waals surface area contributed by atoms with Gasteiger partial charge in [-0.15, -0.1) is 0 Å². The van der Waals surface area contributed by atoms with Crippen LogP contribution in [0.15, 0.2) is 0 Å². The van der Waals surface area contributed by atoms with Gasteiger partial charge in [0, 0.05) is 13.0 Å². The van der Waals surface area contributed by atoms with Gasteiger partial charge in [-0.3, -0.25) is 4.79 Å². The zero-order valence-electron chi connectivity index (χ0n) is 12.3. The molecule has 4 nitrogen and oxygen atoms in total. The van der Waals surface area contributed by atoms with Gasteiger partial charge in [0.2, 0.25) is 5.91 Å². The van der Waals surface area contributed by atoms with Crippen molar-refractivity contribution in [2.45, 2.75) is 57.8 Å². The Morgan fingerprint density at radius 2 is 2.06 bits per heavy atom. The molecule has 0 aromatic heterocycles. The summed E-state index contributed by atoms with van der Waals surface area (Å²) >= 11 is 0. The molecule has 1 saturated heterocycles. The highest BCUT2D eigenvalue weighted by molar-refractivity contribution is 6.74. The fraction of sp³-hybridized carbons (Fsp3) is 0.923. The molecule has 1 aliphatic heterocycles. The van der Waals surface area contributed by atoms with E-state index >= 15 is 0 Å². The van der Waals surface area contributed by atoms with E-state index in [0.717, 1.165) is 6.42 Å². The molecule has 0 saturated carbocycles. The second kappa shape index (κ2) is 5.71. The van der Waals surface area contributed by atoms with Crippen LogP contribution in [0.3, 0.4) is 0 Å². The molecular weight excluding hydrogens is 246 g/mol. The summed E-state index contributed by atoms with van der Waals surface area (Å²) in [6.45, 7) is 12.2. The Balaban J connectivity index is 2.55. The van der Waals surface area contributed by atoms with Crippen LogP contribution in [0.5, 0.6) is 0 Å². The third kappa shape index (κ3) is 3.55. The number of aliphatic hydroxyl groups is 1. The Labute approximate surface area is 111 Å². The molecule has 1 N–H and O–H groups in total. The first kappa shape index (κ1) is 15.7. The monoisotopic (exact) mass is 273 g/mol. The smallest absolute Gasteiger partial charge is 0.223 e. The van der Waals surface area contributed by atoms with Crippen LogP contribution in [0.1, 0.15) is 33.6 Å². The summed E-state index contributed by atoms with van der Waals surface area (Å²) in [6.07, 6.45) is 1.44. The molecular formula is C13H27NO3Si. The lowest BCUT2D eigenvalue weighted by atomic mass is 10.2. The first-order valence-electron chi connectivity index (χ1n) is 6.73. The van der Waals surface area contributed by atoms with Crippen LogP contribution in [0.2, 0.25) is 18.1 Å². The summed E-state index contributed by atoms with van der Waals surface area (Å²) in [5.41, 5.74) is 0. The first-order valence-corrected chi connectivity index (χ1v) is 9.64. The molecule has 0 aromatic carbocycles. The lowest BCUT2D eigenvalue weighted by Crippen LogP contribution is -2.45. The Morgan fingerprint density at radius 1 is 1.44 bits per heavy atom. The minimum Gasteiger partial charge on any atom is -0.415 e. The molecule has 1 heterocycles. The quantitative estimate of drug-likeness (QED) is 0.779. The molecule has 106 valence electrons. The van der Waals surface area contributed by atoms with E-state index in [2.05, 4.69) is 33.9 Å². The molecule has 1 aliphatic rings. The lowest BCUT2D eigenvalue weighted by molar-refractivity contribution is -0.129. The largest absolute Gasteiger partial charge is 0.415 e. The van der Waals surface area contributed by atoms with Crippen molar-refractivity contribution >= 4 is 14.2 Å². The average molecular weight is 273 g/mol. The third-order valence-electron chi connectivity index (χ3n) is 4.24. The molecule has 0 aliphatic carbocycles. The van der Waals surface area contributed by atoms with E-state index in [-0.39, 0.29) is 23.6 Å². The van der Waals surface area contributed by atoms with E-state index < -0.39 is 8.32 Å². The van der Waals surface area contributed by atoms with Crippen LogP contribution < -0.4 is 0 Å². The molecule has 5 heteroatoms. The molecule has 0 unspecified atom stereocenters. The van der Waals surface area contributed by atoms with Crippen LogP contribution in [-0.4, -0.2) is 50.0 Å². The predicted octanol–water partition coefficient (Wildman–Crippen LogP) is 1.99. The summed E-state index contributed by atoms with van der Waals surface area (Å²) in [7, 11) is -1.75. The van der Waals surface area contributed by atoms with Crippen LogP contribution in [-0.2, 0) is 9.22 Å². The minimum absolute atomic E-state index is 0.0301. The van der Waals surface area contributed by atoms with Gasteiger partial charge in [-0.2, -0.15) is 0 Å². The molecule has 18 heavy (non-hydrogen) atoms. The SMILES string of the molecule is CC(C)(C)[Si](C)(C)OC[C@H]1CCC(=O)N1CCO. The normalized spacial score (nSPS) is 21.8. The van der Waals surface area contributed by atoms with E-state index in [1.807, 2.05) is 0 Å².